The van der Waals surface area contributed by atoms with E-state index in [4.69, 9.17) is 11.6 Å². The Bertz CT molecular complexity index is 350. The molecular formula is C8H5ClO. The number of carbonyl (C=O) groups excluding carboxylic acids is 1. The minimum absolute atomic E-state index is 0.498. The molecule has 1 aromatic rings. The summed E-state index contributed by atoms with van der Waals surface area (Å²) in [6, 6.07) is 7.01. The molecule has 1 nitrogen and oxygen atoms in total. The zero-order valence-corrected chi connectivity index (χ0v) is 5.93. The first-order valence-corrected chi connectivity index (χ1v) is 3.22. The molecule has 50 valence electrons. The van der Waals surface area contributed by atoms with Gasteiger partial charge in [0.2, 0.25) is 0 Å². The van der Waals surface area contributed by atoms with Crippen molar-refractivity contribution in [2.24, 2.45) is 0 Å². The first-order chi connectivity index (χ1) is 4.88. The van der Waals surface area contributed by atoms with Crippen LogP contribution in [0.15, 0.2) is 24.3 Å². The van der Waals surface area contributed by atoms with Crippen LogP contribution in [-0.4, -0.2) is 5.94 Å². The molecule has 1 aromatic carbocycles. The van der Waals surface area contributed by atoms with Gasteiger partial charge in [0, 0.05) is 10.8 Å². The third kappa shape index (κ3) is 1.27. The van der Waals surface area contributed by atoms with E-state index in [1.165, 1.54) is 5.54 Å². The van der Waals surface area contributed by atoms with E-state index in [1.54, 1.807) is 24.1 Å². The second-order valence-electron chi connectivity index (χ2n) is 1.80. The first-order valence-electron chi connectivity index (χ1n) is 2.79. The van der Waals surface area contributed by atoms with Crippen LogP contribution in [0.25, 0.3) is 5.54 Å². The van der Waals surface area contributed by atoms with Crippen LogP contribution in [0.4, 0.5) is 0 Å². The number of halogens is 1. The maximum Gasteiger partial charge on any atom is 0.133 e. The topological polar surface area (TPSA) is 17.1 Å². The zero-order valence-electron chi connectivity index (χ0n) is 5.17. The number of hydrogen-bond acceptors (Lipinski definition) is 1. The van der Waals surface area contributed by atoms with Crippen LogP contribution in [0, 0.1) is 0 Å². The molecule has 1 rings (SSSR count). The van der Waals surface area contributed by atoms with Gasteiger partial charge in [-0.05, 0) is 6.07 Å². The summed E-state index contributed by atoms with van der Waals surface area (Å²) < 4.78 is 0. The van der Waals surface area contributed by atoms with Gasteiger partial charge in [-0.25, -0.2) is 4.79 Å². The third-order valence-corrected chi connectivity index (χ3v) is 1.42. The van der Waals surface area contributed by atoms with E-state index >= 15 is 0 Å². The van der Waals surface area contributed by atoms with Crippen molar-refractivity contribution in [2.75, 3.05) is 0 Å². The zero-order chi connectivity index (χ0) is 7.40. The summed E-state index contributed by atoms with van der Waals surface area (Å²) in [4.78, 5) is 10.2. The van der Waals surface area contributed by atoms with Gasteiger partial charge in [0.15, 0.2) is 0 Å². The summed E-state index contributed by atoms with van der Waals surface area (Å²) in [7, 11) is 0. The smallest absolute Gasteiger partial charge is 0.133 e. The van der Waals surface area contributed by atoms with Gasteiger partial charge >= 0.3 is 0 Å². The summed E-state index contributed by atoms with van der Waals surface area (Å²) in [5.74, 6) is 1.78. The molecule has 0 aliphatic carbocycles. The minimum atomic E-state index is 0.498. The average molecular weight is 153 g/mol. The lowest BCUT2D eigenvalue weighted by Gasteiger charge is -1.80. The van der Waals surface area contributed by atoms with Crippen LogP contribution < -0.4 is 10.4 Å². The van der Waals surface area contributed by atoms with Crippen molar-refractivity contribution < 1.29 is 4.79 Å². The van der Waals surface area contributed by atoms with E-state index in [1.807, 2.05) is 6.07 Å². The standard InChI is InChI=1S/C8H5ClO/c9-5-7-3-1-2-4-8(7)6-10/h1-5H/b7-5+. The van der Waals surface area contributed by atoms with E-state index in [-0.39, 0.29) is 0 Å². The molecule has 0 heterocycles. The Morgan fingerprint density at radius 2 is 2.10 bits per heavy atom. The molecule has 0 spiro atoms. The lowest BCUT2D eigenvalue weighted by molar-refractivity contribution is 0.567. The fraction of sp³-hybridized carbons (Fsp3) is 0. The summed E-state index contributed by atoms with van der Waals surface area (Å²) >= 11 is 5.41. The Hall–Kier alpha value is -1.04. The Labute approximate surface area is 63.2 Å². The molecule has 2 heteroatoms. The Morgan fingerprint density at radius 3 is 2.60 bits per heavy atom. The van der Waals surface area contributed by atoms with Crippen molar-refractivity contribution >= 4 is 23.1 Å². The average Bonchev–Trinajstić information content (AvgIpc) is 2.04. The second-order valence-corrected chi connectivity index (χ2v) is 2.02. The fourth-order valence-electron chi connectivity index (χ4n) is 0.685. The van der Waals surface area contributed by atoms with Crippen molar-refractivity contribution in [3.05, 3.63) is 34.7 Å². The number of hydrogen-bond donors (Lipinski definition) is 0. The number of rotatable bonds is 0. The van der Waals surface area contributed by atoms with Gasteiger partial charge in [0.25, 0.3) is 0 Å². The summed E-state index contributed by atoms with van der Waals surface area (Å²) in [5.41, 5.74) is 1.36. The van der Waals surface area contributed by atoms with Crippen molar-refractivity contribution in [1.82, 2.24) is 0 Å². The highest BCUT2D eigenvalue weighted by Crippen LogP contribution is 1.73. The molecule has 0 fully saturated rings. The predicted molar refractivity (Wildman–Crippen MR) is 40.8 cm³/mol. The van der Waals surface area contributed by atoms with E-state index in [0.717, 1.165) is 0 Å². The van der Waals surface area contributed by atoms with Crippen molar-refractivity contribution in [1.29, 1.82) is 0 Å². The number of benzene rings is 1. The van der Waals surface area contributed by atoms with E-state index in [2.05, 4.69) is 0 Å². The fourth-order valence-corrected chi connectivity index (χ4v) is 0.875. The second kappa shape index (κ2) is 3.21. The van der Waals surface area contributed by atoms with Gasteiger partial charge in [-0.15, -0.1) is 0 Å². The van der Waals surface area contributed by atoms with Crippen molar-refractivity contribution in [3.8, 4) is 0 Å². The highest BCUT2D eigenvalue weighted by Gasteiger charge is 1.79. The van der Waals surface area contributed by atoms with E-state index in [0.29, 0.717) is 10.4 Å². The lowest BCUT2D eigenvalue weighted by Crippen LogP contribution is -2.23. The SMILES string of the molecule is O=C=c1cccc/c1=C\Cl. The Kier molecular flexibility index (Phi) is 2.27. The quantitative estimate of drug-likeness (QED) is 0.518. The maximum absolute atomic E-state index is 10.2. The molecule has 0 aromatic heterocycles. The minimum Gasteiger partial charge on any atom is -0.233 e. The molecule has 0 aliphatic heterocycles. The van der Waals surface area contributed by atoms with Crippen LogP contribution in [0.5, 0.6) is 0 Å². The largest absolute Gasteiger partial charge is 0.233 e. The molecular weight excluding hydrogens is 148 g/mol. The molecule has 0 radical (unpaired) electrons. The molecule has 0 N–H and O–H groups in total. The predicted octanol–water partition coefficient (Wildman–Crippen LogP) is 0.167. The van der Waals surface area contributed by atoms with Crippen LogP contribution >= 0.6 is 11.6 Å². The molecule has 10 heavy (non-hydrogen) atoms. The van der Waals surface area contributed by atoms with Crippen molar-refractivity contribution in [2.45, 2.75) is 0 Å². The summed E-state index contributed by atoms with van der Waals surface area (Å²) in [6.07, 6.45) is 0. The van der Waals surface area contributed by atoms with Crippen LogP contribution in [-0.2, 0) is 4.79 Å². The van der Waals surface area contributed by atoms with E-state index < -0.39 is 0 Å². The van der Waals surface area contributed by atoms with Gasteiger partial charge < -0.3 is 0 Å². The maximum atomic E-state index is 10.2. The Balaban J connectivity index is 3.70. The normalized spacial score (nSPS) is 11.1. The lowest BCUT2D eigenvalue weighted by atomic mass is 10.3. The molecule has 0 saturated heterocycles. The molecule has 0 unspecified atom stereocenters. The van der Waals surface area contributed by atoms with E-state index in [9.17, 15) is 4.79 Å². The monoisotopic (exact) mass is 152 g/mol. The Morgan fingerprint density at radius 1 is 1.40 bits per heavy atom. The highest BCUT2D eigenvalue weighted by atomic mass is 35.5. The van der Waals surface area contributed by atoms with Crippen LogP contribution in [0.2, 0.25) is 0 Å². The summed E-state index contributed by atoms with van der Waals surface area (Å²) in [6.45, 7) is 0. The van der Waals surface area contributed by atoms with Gasteiger partial charge in [-0.3, -0.25) is 0 Å². The highest BCUT2D eigenvalue weighted by molar-refractivity contribution is 6.38. The molecule has 0 aliphatic rings. The molecule has 0 atom stereocenters. The van der Waals surface area contributed by atoms with Gasteiger partial charge in [0.05, 0.1) is 5.22 Å². The third-order valence-electron chi connectivity index (χ3n) is 1.19. The summed E-state index contributed by atoms with van der Waals surface area (Å²) in [5, 5.41) is 1.21. The first kappa shape index (κ1) is 7.07. The van der Waals surface area contributed by atoms with Gasteiger partial charge in [-0.1, -0.05) is 29.8 Å². The van der Waals surface area contributed by atoms with Gasteiger partial charge in [-0.2, -0.15) is 0 Å². The van der Waals surface area contributed by atoms with Crippen LogP contribution in [0.3, 0.4) is 0 Å². The molecule has 0 bridgehead atoms. The molecule has 0 amide bonds. The molecule has 0 saturated carbocycles. The van der Waals surface area contributed by atoms with Crippen LogP contribution in [0.1, 0.15) is 0 Å². The van der Waals surface area contributed by atoms with Gasteiger partial charge in [0.1, 0.15) is 5.94 Å². The van der Waals surface area contributed by atoms with Crippen molar-refractivity contribution in [3.63, 3.8) is 0 Å².